The van der Waals surface area contributed by atoms with Crippen molar-refractivity contribution in [3.05, 3.63) is 64.6 Å². The second kappa shape index (κ2) is 9.11. The fourth-order valence-electron chi connectivity index (χ4n) is 3.38. The standard InChI is InChI=1S/C21H23N3O4S2/c25-20(24-21-23-18-7-3-1-2-4-8-19(18)29-21)15-9-11-17(12-10-15)30(26,27)22-14-16-6-5-13-28-16/h5-6,9-13,22H,1-4,7-8,14H2,(H,23,24,25). The van der Waals surface area contributed by atoms with E-state index in [1.165, 1.54) is 59.6 Å². The van der Waals surface area contributed by atoms with Gasteiger partial charge in [0, 0.05) is 10.4 Å². The first-order valence-electron chi connectivity index (χ1n) is 9.93. The number of sulfonamides is 1. The Morgan fingerprint density at radius 3 is 2.57 bits per heavy atom. The fraction of sp³-hybridized carbons (Fsp3) is 0.333. The van der Waals surface area contributed by atoms with Gasteiger partial charge in [0.25, 0.3) is 5.91 Å². The van der Waals surface area contributed by atoms with Gasteiger partial charge in [0.05, 0.1) is 23.4 Å². The summed E-state index contributed by atoms with van der Waals surface area (Å²) in [6, 6.07) is 9.22. The molecule has 0 saturated heterocycles. The number of nitrogens with zero attached hydrogens (tertiary/aromatic N) is 1. The van der Waals surface area contributed by atoms with Gasteiger partial charge in [-0.05, 0) is 62.1 Å². The molecule has 30 heavy (non-hydrogen) atoms. The van der Waals surface area contributed by atoms with Gasteiger partial charge in [0.2, 0.25) is 10.0 Å². The van der Waals surface area contributed by atoms with Gasteiger partial charge in [-0.1, -0.05) is 12.8 Å². The molecule has 4 rings (SSSR count). The number of hydrogen-bond donors (Lipinski definition) is 2. The van der Waals surface area contributed by atoms with Crippen LogP contribution in [-0.2, 0) is 29.4 Å². The molecule has 0 bridgehead atoms. The van der Waals surface area contributed by atoms with Crippen molar-refractivity contribution in [1.29, 1.82) is 0 Å². The van der Waals surface area contributed by atoms with Gasteiger partial charge in [-0.15, -0.1) is 11.3 Å². The predicted molar refractivity (Wildman–Crippen MR) is 115 cm³/mol. The molecule has 1 aromatic carbocycles. The van der Waals surface area contributed by atoms with E-state index in [-0.39, 0.29) is 17.3 Å². The van der Waals surface area contributed by atoms with Crippen molar-refractivity contribution in [1.82, 2.24) is 9.71 Å². The van der Waals surface area contributed by atoms with E-state index in [2.05, 4.69) is 15.0 Å². The Kier molecular flexibility index (Phi) is 6.31. The lowest BCUT2D eigenvalue weighted by molar-refractivity contribution is 0.102. The first-order chi connectivity index (χ1) is 14.5. The molecule has 1 amide bonds. The number of fused-ring (bicyclic) bond motifs is 1. The van der Waals surface area contributed by atoms with Gasteiger partial charge in [0.15, 0.2) is 5.13 Å². The summed E-state index contributed by atoms with van der Waals surface area (Å²) in [6.45, 7) is 0.0618. The number of nitrogens with one attached hydrogen (secondary N) is 2. The quantitative estimate of drug-likeness (QED) is 0.594. The molecule has 1 aliphatic rings. The highest BCUT2D eigenvalue weighted by molar-refractivity contribution is 7.89. The number of rotatable bonds is 6. The lowest BCUT2D eigenvalue weighted by Gasteiger charge is -2.07. The predicted octanol–water partition coefficient (Wildman–Crippen LogP) is 4.13. The molecular formula is C21H23N3O4S2. The molecular weight excluding hydrogens is 422 g/mol. The smallest absolute Gasteiger partial charge is 0.257 e. The van der Waals surface area contributed by atoms with Crippen LogP contribution in [0.3, 0.4) is 0 Å². The van der Waals surface area contributed by atoms with Crippen LogP contribution in [0.25, 0.3) is 0 Å². The van der Waals surface area contributed by atoms with Crippen LogP contribution in [0.1, 0.15) is 52.4 Å². The number of aryl methyl sites for hydroxylation is 2. The molecule has 0 spiro atoms. The zero-order valence-electron chi connectivity index (χ0n) is 16.4. The lowest BCUT2D eigenvalue weighted by atomic mass is 10.0. The number of amides is 1. The van der Waals surface area contributed by atoms with E-state index in [0.717, 1.165) is 31.4 Å². The maximum Gasteiger partial charge on any atom is 0.257 e. The Morgan fingerprint density at radius 1 is 1.07 bits per heavy atom. The van der Waals surface area contributed by atoms with E-state index < -0.39 is 10.0 Å². The van der Waals surface area contributed by atoms with Gasteiger partial charge in [-0.25, -0.2) is 18.1 Å². The molecule has 0 radical (unpaired) electrons. The first kappa shape index (κ1) is 20.8. The number of carbonyl (C=O) groups is 1. The van der Waals surface area contributed by atoms with E-state index in [0.29, 0.717) is 16.5 Å². The van der Waals surface area contributed by atoms with Crippen LogP contribution in [-0.4, -0.2) is 19.3 Å². The van der Waals surface area contributed by atoms with Gasteiger partial charge in [-0.2, -0.15) is 0 Å². The van der Waals surface area contributed by atoms with E-state index in [9.17, 15) is 13.2 Å². The maximum atomic E-state index is 12.6. The summed E-state index contributed by atoms with van der Waals surface area (Å²) >= 11 is 1.54. The summed E-state index contributed by atoms with van der Waals surface area (Å²) in [5.41, 5.74) is 1.47. The van der Waals surface area contributed by atoms with Crippen LogP contribution in [0, 0.1) is 0 Å². The van der Waals surface area contributed by atoms with E-state index >= 15 is 0 Å². The molecule has 2 heterocycles. The molecule has 0 aliphatic heterocycles. The third kappa shape index (κ3) is 4.97. The summed E-state index contributed by atoms with van der Waals surface area (Å²) in [7, 11) is -3.70. The number of aromatic nitrogens is 1. The van der Waals surface area contributed by atoms with Crippen molar-refractivity contribution in [2.45, 2.75) is 50.0 Å². The highest BCUT2D eigenvalue weighted by Gasteiger charge is 2.18. The number of carbonyl (C=O) groups excluding carboxylic acids is 1. The first-order valence-corrected chi connectivity index (χ1v) is 12.2. The molecule has 0 atom stereocenters. The molecule has 0 unspecified atom stereocenters. The fourth-order valence-corrected chi connectivity index (χ4v) is 5.41. The molecule has 0 fully saturated rings. The summed E-state index contributed by atoms with van der Waals surface area (Å²) in [6.07, 6.45) is 8.22. The van der Waals surface area contributed by atoms with E-state index in [4.69, 9.17) is 4.42 Å². The Labute approximate surface area is 179 Å². The number of furan rings is 1. The van der Waals surface area contributed by atoms with Crippen molar-refractivity contribution < 1.29 is 17.6 Å². The van der Waals surface area contributed by atoms with E-state index in [1.807, 2.05) is 0 Å². The maximum absolute atomic E-state index is 12.6. The van der Waals surface area contributed by atoms with Crippen molar-refractivity contribution in [2.24, 2.45) is 0 Å². The van der Waals surface area contributed by atoms with Crippen LogP contribution in [0.5, 0.6) is 0 Å². The molecule has 9 heteroatoms. The zero-order chi connectivity index (χ0) is 21.0. The Balaban J connectivity index is 1.41. The summed E-state index contributed by atoms with van der Waals surface area (Å²) in [5.74, 6) is 0.219. The third-order valence-electron chi connectivity index (χ3n) is 5.01. The lowest BCUT2D eigenvalue weighted by Crippen LogP contribution is -2.23. The van der Waals surface area contributed by atoms with Gasteiger partial charge >= 0.3 is 0 Å². The second-order valence-corrected chi connectivity index (χ2v) is 10.0. The number of benzene rings is 1. The Hall–Kier alpha value is -2.49. The molecule has 158 valence electrons. The Morgan fingerprint density at radius 2 is 1.83 bits per heavy atom. The monoisotopic (exact) mass is 445 g/mol. The van der Waals surface area contributed by atoms with Crippen molar-refractivity contribution in [3.63, 3.8) is 0 Å². The van der Waals surface area contributed by atoms with Crippen molar-refractivity contribution >= 4 is 32.4 Å². The molecule has 2 N–H and O–H groups in total. The topological polar surface area (TPSA) is 101 Å². The van der Waals surface area contributed by atoms with Gasteiger partial charge in [0.1, 0.15) is 5.76 Å². The molecule has 1 aliphatic carbocycles. The summed E-state index contributed by atoms with van der Waals surface area (Å²) in [4.78, 5) is 18.5. The molecule has 7 nitrogen and oxygen atoms in total. The highest BCUT2D eigenvalue weighted by atomic mass is 32.2. The van der Waals surface area contributed by atoms with Crippen molar-refractivity contribution in [2.75, 3.05) is 5.32 Å². The van der Waals surface area contributed by atoms with Gasteiger partial charge < -0.3 is 4.42 Å². The average Bonchev–Trinajstić information content (AvgIpc) is 3.37. The number of thiazole rings is 1. The zero-order valence-corrected chi connectivity index (χ0v) is 18.0. The van der Waals surface area contributed by atoms with Gasteiger partial charge in [-0.3, -0.25) is 10.1 Å². The van der Waals surface area contributed by atoms with Crippen LogP contribution >= 0.6 is 11.3 Å². The Bertz CT molecular complexity index is 1080. The van der Waals surface area contributed by atoms with E-state index in [1.54, 1.807) is 12.1 Å². The van der Waals surface area contributed by atoms with Crippen molar-refractivity contribution in [3.8, 4) is 0 Å². The normalized spacial score (nSPS) is 14.5. The number of anilines is 1. The SMILES string of the molecule is O=C(Nc1nc2c(s1)CCCCCC2)c1ccc(S(=O)(=O)NCc2ccco2)cc1. The molecule has 2 aromatic heterocycles. The van der Waals surface area contributed by atoms with Crippen LogP contribution in [0.2, 0.25) is 0 Å². The minimum atomic E-state index is -3.70. The van der Waals surface area contributed by atoms with Crippen LogP contribution < -0.4 is 10.0 Å². The summed E-state index contributed by atoms with van der Waals surface area (Å²) in [5, 5.41) is 3.45. The summed E-state index contributed by atoms with van der Waals surface area (Å²) < 4.78 is 32.4. The largest absolute Gasteiger partial charge is 0.468 e. The second-order valence-electron chi connectivity index (χ2n) is 7.19. The minimum Gasteiger partial charge on any atom is -0.468 e. The highest BCUT2D eigenvalue weighted by Crippen LogP contribution is 2.28. The average molecular weight is 446 g/mol. The molecule has 0 saturated carbocycles. The van der Waals surface area contributed by atoms with Crippen LogP contribution in [0.4, 0.5) is 5.13 Å². The minimum absolute atomic E-state index is 0.0618. The molecule has 3 aromatic rings. The third-order valence-corrected chi connectivity index (χ3v) is 7.50. The van der Waals surface area contributed by atoms with Crippen LogP contribution in [0.15, 0.2) is 52.0 Å². The number of hydrogen-bond acceptors (Lipinski definition) is 6.